The summed E-state index contributed by atoms with van der Waals surface area (Å²) in [5, 5.41) is 0.740. The highest BCUT2D eigenvalue weighted by molar-refractivity contribution is 6.30. The third-order valence-corrected chi connectivity index (χ3v) is 5.90. The third kappa shape index (κ3) is 4.33. The van der Waals surface area contributed by atoms with Gasteiger partial charge in [0.1, 0.15) is 18.2 Å². The molecule has 5 rings (SSSR count). The van der Waals surface area contributed by atoms with Crippen LogP contribution in [0.2, 0.25) is 5.02 Å². The van der Waals surface area contributed by atoms with E-state index in [-0.39, 0.29) is 5.78 Å². The smallest absolute Gasteiger partial charge is 0.231 e. The number of hydrogen-bond donors (Lipinski definition) is 0. The number of carbonyl (C=O) groups excluding carboxylic acids is 1. The van der Waals surface area contributed by atoms with Crippen molar-refractivity contribution in [3.05, 3.63) is 112 Å². The SMILES string of the molecule is O=C1/C(=C/C=C/c2ccccc2)Oc2c1ccc1c2CN(CCc2ccc(Cl)cc2)CO1. The highest BCUT2D eigenvalue weighted by Crippen LogP contribution is 2.41. The fraction of sp³-hybridized carbons (Fsp3) is 0.148. The fourth-order valence-corrected chi connectivity index (χ4v) is 4.04. The van der Waals surface area contributed by atoms with E-state index < -0.39 is 0 Å². The first kappa shape index (κ1) is 20.6. The zero-order valence-electron chi connectivity index (χ0n) is 17.5. The lowest BCUT2D eigenvalue weighted by Crippen LogP contribution is -2.33. The van der Waals surface area contributed by atoms with Crippen molar-refractivity contribution in [1.82, 2.24) is 4.90 Å². The van der Waals surface area contributed by atoms with Crippen LogP contribution in [0.25, 0.3) is 6.08 Å². The number of ether oxygens (including phenoxy) is 2. The van der Waals surface area contributed by atoms with Gasteiger partial charge in [0, 0.05) is 18.1 Å². The molecule has 160 valence electrons. The van der Waals surface area contributed by atoms with E-state index in [1.54, 1.807) is 12.1 Å². The van der Waals surface area contributed by atoms with Crippen molar-refractivity contribution >= 4 is 23.5 Å². The molecule has 0 radical (unpaired) electrons. The van der Waals surface area contributed by atoms with Gasteiger partial charge in [-0.15, -0.1) is 0 Å². The summed E-state index contributed by atoms with van der Waals surface area (Å²) in [5.41, 5.74) is 3.80. The Morgan fingerprint density at radius 1 is 1.00 bits per heavy atom. The second-order valence-corrected chi connectivity index (χ2v) is 8.29. The molecule has 0 fully saturated rings. The minimum Gasteiger partial charge on any atom is -0.478 e. The van der Waals surface area contributed by atoms with Crippen molar-refractivity contribution in [1.29, 1.82) is 0 Å². The molecule has 5 heteroatoms. The number of hydrogen-bond acceptors (Lipinski definition) is 4. The summed E-state index contributed by atoms with van der Waals surface area (Å²) in [6.45, 7) is 2.02. The number of Topliss-reactive ketones (excluding diaryl/α,β-unsaturated/α-hetero) is 1. The first-order valence-electron chi connectivity index (χ1n) is 10.6. The molecule has 0 aromatic heterocycles. The molecule has 0 spiro atoms. The lowest BCUT2D eigenvalue weighted by molar-refractivity contribution is 0.0949. The Morgan fingerprint density at radius 3 is 2.62 bits per heavy atom. The first-order chi connectivity index (χ1) is 15.7. The largest absolute Gasteiger partial charge is 0.478 e. The lowest BCUT2D eigenvalue weighted by Gasteiger charge is -2.29. The van der Waals surface area contributed by atoms with Gasteiger partial charge in [-0.05, 0) is 47.9 Å². The number of allylic oxidation sites excluding steroid dienone is 3. The van der Waals surface area contributed by atoms with Crippen molar-refractivity contribution in [2.24, 2.45) is 0 Å². The summed E-state index contributed by atoms with van der Waals surface area (Å²) in [6.07, 6.45) is 6.41. The van der Waals surface area contributed by atoms with Crippen LogP contribution in [-0.4, -0.2) is 24.0 Å². The van der Waals surface area contributed by atoms with Gasteiger partial charge in [-0.2, -0.15) is 0 Å². The van der Waals surface area contributed by atoms with Crippen LogP contribution >= 0.6 is 11.6 Å². The predicted octanol–water partition coefficient (Wildman–Crippen LogP) is 5.91. The van der Waals surface area contributed by atoms with Gasteiger partial charge in [0.25, 0.3) is 0 Å². The van der Waals surface area contributed by atoms with E-state index in [1.165, 1.54) is 5.56 Å². The molecule has 3 aromatic rings. The summed E-state index contributed by atoms with van der Waals surface area (Å²) in [5.74, 6) is 1.63. The molecule has 0 bridgehead atoms. The quantitative estimate of drug-likeness (QED) is 0.460. The monoisotopic (exact) mass is 443 g/mol. The molecular formula is C27H22ClNO3. The van der Waals surface area contributed by atoms with Crippen molar-refractivity contribution in [2.75, 3.05) is 13.3 Å². The van der Waals surface area contributed by atoms with Crippen LogP contribution < -0.4 is 9.47 Å². The van der Waals surface area contributed by atoms with Crippen LogP contribution in [0.1, 0.15) is 27.0 Å². The van der Waals surface area contributed by atoms with E-state index in [9.17, 15) is 4.79 Å². The summed E-state index contributed by atoms with van der Waals surface area (Å²) >= 11 is 5.98. The number of rotatable bonds is 5. The van der Waals surface area contributed by atoms with Crippen LogP contribution in [0.4, 0.5) is 0 Å². The van der Waals surface area contributed by atoms with E-state index in [4.69, 9.17) is 21.1 Å². The normalized spacial score (nSPS) is 16.7. The topological polar surface area (TPSA) is 38.8 Å². The van der Waals surface area contributed by atoms with Crippen LogP contribution in [0.15, 0.2) is 84.6 Å². The maximum Gasteiger partial charge on any atom is 0.231 e. The molecule has 0 saturated carbocycles. The predicted molar refractivity (Wildman–Crippen MR) is 126 cm³/mol. The average Bonchev–Trinajstić information content (AvgIpc) is 3.15. The molecule has 2 heterocycles. The lowest BCUT2D eigenvalue weighted by atomic mass is 10.0. The Morgan fingerprint density at radius 2 is 1.81 bits per heavy atom. The molecule has 0 unspecified atom stereocenters. The van der Waals surface area contributed by atoms with Crippen LogP contribution in [0, 0.1) is 0 Å². The van der Waals surface area contributed by atoms with Gasteiger partial charge in [-0.1, -0.05) is 66.2 Å². The highest BCUT2D eigenvalue weighted by Gasteiger charge is 2.33. The molecule has 0 atom stereocenters. The Labute approximate surface area is 192 Å². The Hall–Kier alpha value is -3.34. The first-order valence-corrected chi connectivity index (χ1v) is 11.0. The molecule has 0 saturated heterocycles. The van der Waals surface area contributed by atoms with E-state index in [0.717, 1.165) is 34.9 Å². The van der Waals surface area contributed by atoms with Crippen molar-refractivity contribution in [3.63, 3.8) is 0 Å². The van der Waals surface area contributed by atoms with Gasteiger partial charge in [0.05, 0.1) is 11.1 Å². The standard InChI is InChI=1S/C27H22ClNO3/c28-21-11-9-20(10-12-21)15-16-29-17-23-24(31-18-29)14-13-22-26(30)25(32-27(22)23)8-4-7-19-5-2-1-3-6-19/h1-14H,15-18H2/b7-4+,25-8-. The van der Waals surface area contributed by atoms with Gasteiger partial charge in [0.2, 0.25) is 5.78 Å². The summed E-state index contributed by atoms with van der Waals surface area (Å²) in [6, 6.07) is 21.5. The fourth-order valence-electron chi connectivity index (χ4n) is 3.91. The number of carbonyl (C=O) groups is 1. The van der Waals surface area contributed by atoms with E-state index in [2.05, 4.69) is 4.90 Å². The van der Waals surface area contributed by atoms with E-state index >= 15 is 0 Å². The van der Waals surface area contributed by atoms with Gasteiger partial charge in [-0.25, -0.2) is 0 Å². The van der Waals surface area contributed by atoms with E-state index in [1.807, 2.05) is 72.8 Å². The number of benzene rings is 3. The van der Waals surface area contributed by atoms with Crippen molar-refractivity contribution in [2.45, 2.75) is 13.0 Å². The zero-order valence-corrected chi connectivity index (χ0v) is 18.2. The summed E-state index contributed by atoms with van der Waals surface area (Å²) in [4.78, 5) is 15.1. The molecule has 2 aliphatic rings. The average molecular weight is 444 g/mol. The summed E-state index contributed by atoms with van der Waals surface area (Å²) < 4.78 is 12.0. The number of fused-ring (bicyclic) bond motifs is 3. The van der Waals surface area contributed by atoms with E-state index in [0.29, 0.717) is 30.3 Å². The molecule has 0 N–H and O–H groups in total. The molecule has 2 aliphatic heterocycles. The zero-order chi connectivity index (χ0) is 21.9. The third-order valence-electron chi connectivity index (χ3n) is 5.65. The maximum absolute atomic E-state index is 12.9. The Bertz CT molecular complexity index is 1200. The van der Waals surface area contributed by atoms with Gasteiger partial charge < -0.3 is 9.47 Å². The van der Waals surface area contributed by atoms with Crippen molar-refractivity contribution in [3.8, 4) is 11.5 Å². The minimum atomic E-state index is -0.0983. The molecular weight excluding hydrogens is 422 g/mol. The maximum atomic E-state index is 12.9. The summed E-state index contributed by atoms with van der Waals surface area (Å²) in [7, 11) is 0. The van der Waals surface area contributed by atoms with Crippen molar-refractivity contribution < 1.29 is 14.3 Å². The number of ketones is 1. The Balaban J connectivity index is 1.31. The van der Waals surface area contributed by atoms with Gasteiger partial charge >= 0.3 is 0 Å². The second-order valence-electron chi connectivity index (χ2n) is 7.85. The molecule has 0 amide bonds. The minimum absolute atomic E-state index is 0.0983. The van der Waals surface area contributed by atoms with Crippen LogP contribution in [-0.2, 0) is 13.0 Å². The number of halogens is 1. The molecule has 3 aromatic carbocycles. The van der Waals surface area contributed by atoms with Gasteiger partial charge in [0.15, 0.2) is 5.76 Å². The Kier molecular flexibility index (Phi) is 5.80. The molecule has 32 heavy (non-hydrogen) atoms. The second kappa shape index (κ2) is 9.03. The van der Waals surface area contributed by atoms with Gasteiger partial charge in [-0.3, -0.25) is 9.69 Å². The number of nitrogens with zero attached hydrogens (tertiary/aromatic N) is 1. The highest BCUT2D eigenvalue weighted by atomic mass is 35.5. The molecule has 0 aliphatic carbocycles. The molecule has 4 nitrogen and oxygen atoms in total. The van der Waals surface area contributed by atoms with Crippen LogP contribution in [0.3, 0.4) is 0 Å². The van der Waals surface area contributed by atoms with Crippen LogP contribution in [0.5, 0.6) is 11.5 Å².